The quantitative estimate of drug-likeness (QED) is 0.134. The van der Waals surface area contributed by atoms with Crippen LogP contribution in [-0.2, 0) is 14.3 Å². The number of alkyl carbamates (subject to hydrolysis) is 1. The minimum atomic E-state index is -0.699. The second-order valence-corrected chi connectivity index (χ2v) is 20.1. The van der Waals surface area contributed by atoms with Gasteiger partial charge in [-0.05, 0) is 92.2 Å². The second-order valence-electron chi connectivity index (χ2n) is 18.9. The number of nitrogens with zero attached hydrogens (tertiary/aromatic N) is 3. The Labute approximate surface area is 377 Å². The number of carbonyl (C=O) groups excluding carboxylic acids is 3. The van der Waals surface area contributed by atoms with Crippen molar-refractivity contribution >= 4 is 52.0 Å². The molecule has 3 aromatic rings. The van der Waals surface area contributed by atoms with Gasteiger partial charge < -0.3 is 56.9 Å². The molecule has 3 amide bonds. The van der Waals surface area contributed by atoms with Crippen LogP contribution in [0.2, 0.25) is 0 Å². The van der Waals surface area contributed by atoms with E-state index in [0.29, 0.717) is 35.9 Å². The van der Waals surface area contributed by atoms with Gasteiger partial charge in [-0.25, -0.2) is 9.18 Å². The van der Waals surface area contributed by atoms with E-state index in [2.05, 4.69) is 66.9 Å². The molecule has 1 aromatic heterocycles. The number of fused-ring (bicyclic) bond motifs is 5. The molecule has 3 fully saturated rings. The number of amides is 3. The van der Waals surface area contributed by atoms with E-state index in [0.717, 1.165) is 64.1 Å². The highest BCUT2D eigenvalue weighted by atomic mass is 32.2. The van der Waals surface area contributed by atoms with Crippen molar-refractivity contribution in [3.63, 3.8) is 0 Å². The van der Waals surface area contributed by atoms with E-state index in [1.807, 2.05) is 56.0 Å². The lowest BCUT2D eigenvalue weighted by Gasteiger charge is -2.34. The molecule has 2 saturated heterocycles. The zero-order chi connectivity index (χ0) is 44.6. The van der Waals surface area contributed by atoms with Gasteiger partial charge in [0.05, 0.1) is 63.7 Å². The Hall–Kier alpha value is -5.55. The summed E-state index contributed by atoms with van der Waals surface area (Å²) in [6.45, 7) is 9.01. The lowest BCUT2D eigenvalue weighted by Crippen LogP contribution is -2.57. The molecule has 2 aromatic carbocycles. The van der Waals surface area contributed by atoms with Crippen LogP contribution >= 0.6 is 11.8 Å². The van der Waals surface area contributed by atoms with Crippen LogP contribution in [0.3, 0.4) is 0 Å². The predicted octanol–water partition coefficient (Wildman–Crippen LogP) is 5.23. The summed E-state index contributed by atoms with van der Waals surface area (Å²) in [5, 5.41) is 21.7. The largest absolute Gasteiger partial charge is 0.464 e. The standard InChI is InChI=1S/C47H59FN10O5S/c1-23(2)39(49)44(59)56-14-6-8-33(56)41-51-21-31(54-41)27-17-29(48)38-35-18-28-16-26(12-13-32(28)58(35)46(63-36(38)19-27)37-22-52-43(64-37)25-10-11-25)30-20-50-42(53-30)34-9-7-15-57(34)45(60)40(24(3)4)55-47(61)62-5/h12-13,16-25,33-34,39-43,46,50-54H,6-11,14-15,49H2,1-5H3,(H,55,61)/t33-,34-,39-,40-,41?,42?,43?,46-/m0/s1. The number of hydrogen-bond donors (Lipinski definition) is 7. The number of hydrogen-bond acceptors (Lipinski definition) is 12. The smallest absolute Gasteiger partial charge is 0.407 e. The summed E-state index contributed by atoms with van der Waals surface area (Å²) in [5.41, 5.74) is 11.6. The molecule has 8 atom stereocenters. The summed E-state index contributed by atoms with van der Waals surface area (Å²) in [5.74, 6) is 0.430. The minimum Gasteiger partial charge on any atom is -0.464 e. The first kappa shape index (κ1) is 42.4. The fraction of sp³-hybridized carbons (Fsp3) is 0.511. The third kappa shape index (κ3) is 7.57. The van der Waals surface area contributed by atoms with Gasteiger partial charge in [0.2, 0.25) is 18.0 Å². The molecule has 17 heteroatoms. The SMILES string of the molecule is COC(=O)N[C@H](C(=O)N1CCC[C@H]1C1NC=C(c2ccc3c(c2)cc2n3[C@H](C3=CNC(C4CC4)S3)Oc3cc(C4=CNC([C@@H]5CCCN5C(=O)[C@@H](N)C(C)C)N4)cc(F)c3-2)N1)C(C)C. The van der Waals surface area contributed by atoms with Crippen molar-refractivity contribution in [2.24, 2.45) is 23.5 Å². The maximum atomic E-state index is 16.8. The van der Waals surface area contributed by atoms with Gasteiger partial charge in [0.15, 0.2) is 0 Å². The van der Waals surface area contributed by atoms with Crippen molar-refractivity contribution in [3.05, 3.63) is 76.8 Å². The highest BCUT2D eigenvalue weighted by Gasteiger charge is 2.43. The Morgan fingerprint density at radius 2 is 1.52 bits per heavy atom. The number of aromatic nitrogens is 1. The van der Waals surface area contributed by atoms with Gasteiger partial charge in [-0.3, -0.25) is 14.2 Å². The number of benzene rings is 2. The van der Waals surface area contributed by atoms with E-state index < -0.39 is 30.2 Å². The van der Waals surface area contributed by atoms with Crippen molar-refractivity contribution < 1.29 is 28.2 Å². The Balaban J connectivity index is 0.916. The molecule has 10 rings (SSSR count). The van der Waals surface area contributed by atoms with E-state index in [9.17, 15) is 14.4 Å². The number of nitrogens with two attached hydrogens (primary N) is 1. The number of rotatable bonds is 11. The molecule has 15 nitrogen and oxygen atoms in total. The summed E-state index contributed by atoms with van der Waals surface area (Å²) in [7, 11) is 1.30. The van der Waals surface area contributed by atoms with Crippen LogP contribution < -0.4 is 42.4 Å². The highest BCUT2D eigenvalue weighted by Crippen LogP contribution is 2.52. The normalized spacial score (nSPS) is 26.7. The van der Waals surface area contributed by atoms with Crippen LogP contribution in [0.4, 0.5) is 9.18 Å². The molecule has 0 radical (unpaired) electrons. The molecule has 7 aliphatic rings. The van der Waals surface area contributed by atoms with Crippen LogP contribution in [0.1, 0.15) is 83.6 Å². The van der Waals surface area contributed by atoms with Gasteiger partial charge in [-0.2, -0.15) is 0 Å². The average Bonchev–Trinajstić information content (AvgIpc) is 4.00. The highest BCUT2D eigenvalue weighted by molar-refractivity contribution is 8.03. The first-order chi connectivity index (χ1) is 30.9. The van der Waals surface area contributed by atoms with E-state index in [4.69, 9.17) is 15.2 Å². The molecule has 340 valence electrons. The third-order valence-corrected chi connectivity index (χ3v) is 15.3. The molecule has 7 heterocycles. The summed E-state index contributed by atoms with van der Waals surface area (Å²) in [6, 6.07) is 10.3. The summed E-state index contributed by atoms with van der Waals surface area (Å²) in [6.07, 6.45) is 10.1. The van der Waals surface area contributed by atoms with E-state index >= 15 is 4.39 Å². The van der Waals surface area contributed by atoms with E-state index in [1.54, 1.807) is 17.8 Å². The van der Waals surface area contributed by atoms with Crippen LogP contribution in [0.25, 0.3) is 33.6 Å². The van der Waals surface area contributed by atoms with E-state index in [1.165, 1.54) is 20.0 Å². The Morgan fingerprint density at radius 3 is 2.16 bits per heavy atom. The monoisotopic (exact) mass is 894 g/mol. The number of carbonyl (C=O) groups is 3. The molecule has 1 saturated carbocycles. The maximum absolute atomic E-state index is 16.8. The van der Waals surface area contributed by atoms with Gasteiger partial charge in [-0.15, -0.1) is 0 Å². The summed E-state index contributed by atoms with van der Waals surface area (Å²) >= 11 is 1.79. The molecule has 0 bridgehead atoms. The zero-order valence-corrected chi connectivity index (χ0v) is 37.8. The molecular formula is C47H59FN10O5S. The first-order valence-electron chi connectivity index (χ1n) is 22.8. The number of nitrogens with one attached hydrogen (secondary N) is 6. The van der Waals surface area contributed by atoms with Crippen molar-refractivity contribution in [1.82, 2.24) is 46.3 Å². The van der Waals surface area contributed by atoms with Crippen LogP contribution in [-0.4, -0.2) is 94.3 Å². The summed E-state index contributed by atoms with van der Waals surface area (Å²) < 4.78 is 30.7. The van der Waals surface area contributed by atoms with Gasteiger partial charge in [0, 0.05) is 42.6 Å². The van der Waals surface area contributed by atoms with Gasteiger partial charge >= 0.3 is 6.09 Å². The number of methoxy groups -OCH3 is 1. The Kier molecular flexibility index (Phi) is 11.1. The van der Waals surface area contributed by atoms with Crippen molar-refractivity contribution in [2.45, 2.75) is 114 Å². The van der Waals surface area contributed by atoms with Crippen LogP contribution in [0.5, 0.6) is 5.75 Å². The molecule has 3 unspecified atom stereocenters. The van der Waals surface area contributed by atoms with Crippen molar-refractivity contribution in [2.75, 3.05) is 20.2 Å². The number of thioether (sulfide) groups is 1. The fourth-order valence-electron chi connectivity index (χ4n) is 10.2. The molecule has 1 aliphatic carbocycles. The van der Waals surface area contributed by atoms with Crippen molar-refractivity contribution in [3.8, 4) is 17.0 Å². The first-order valence-corrected chi connectivity index (χ1v) is 23.7. The number of halogens is 1. The number of likely N-dealkylation sites (tertiary alicyclic amines) is 2. The third-order valence-electron chi connectivity index (χ3n) is 14.0. The van der Waals surface area contributed by atoms with Gasteiger partial charge in [-0.1, -0.05) is 45.5 Å². The average molecular weight is 895 g/mol. The second kappa shape index (κ2) is 16.8. The lowest BCUT2D eigenvalue weighted by atomic mass is 10.0. The minimum absolute atomic E-state index is 0.0344. The Morgan fingerprint density at radius 1 is 0.844 bits per heavy atom. The van der Waals surface area contributed by atoms with Crippen LogP contribution in [0, 0.1) is 23.6 Å². The zero-order valence-electron chi connectivity index (χ0n) is 37.0. The van der Waals surface area contributed by atoms with Crippen molar-refractivity contribution in [1.29, 1.82) is 0 Å². The molecule has 6 aliphatic heterocycles. The maximum Gasteiger partial charge on any atom is 0.407 e. The van der Waals surface area contributed by atoms with Gasteiger partial charge in [0.25, 0.3) is 0 Å². The topological polar surface area (TPSA) is 179 Å². The molecule has 0 spiro atoms. The molecular weight excluding hydrogens is 836 g/mol. The molecule has 64 heavy (non-hydrogen) atoms. The number of ether oxygens (including phenoxy) is 2. The lowest BCUT2D eigenvalue weighted by molar-refractivity contribution is -0.136. The fourth-order valence-corrected chi connectivity index (χ4v) is 11.5. The predicted molar refractivity (Wildman–Crippen MR) is 245 cm³/mol. The van der Waals surface area contributed by atoms with Crippen LogP contribution in [0.15, 0.2) is 59.9 Å². The van der Waals surface area contributed by atoms with E-state index in [-0.39, 0.29) is 53.4 Å². The Bertz CT molecular complexity index is 2470. The molecule has 8 N–H and O–H groups in total. The van der Waals surface area contributed by atoms with Gasteiger partial charge in [0.1, 0.15) is 29.9 Å². The summed E-state index contributed by atoms with van der Waals surface area (Å²) in [4.78, 5) is 44.1.